The van der Waals surface area contributed by atoms with Crippen LogP contribution in [0.4, 0.5) is 4.79 Å². The third-order valence-corrected chi connectivity index (χ3v) is 5.14. The van der Waals surface area contributed by atoms with Gasteiger partial charge >= 0.3 is 12.1 Å². The van der Waals surface area contributed by atoms with E-state index in [1.54, 1.807) is 20.8 Å². The van der Waals surface area contributed by atoms with Crippen molar-refractivity contribution in [2.45, 2.75) is 45.4 Å². The topological polar surface area (TPSA) is 96.4 Å². The van der Waals surface area contributed by atoms with Crippen molar-refractivity contribution in [3.63, 3.8) is 0 Å². The van der Waals surface area contributed by atoms with E-state index in [2.05, 4.69) is 0 Å². The maximum Gasteiger partial charge on any atom is 0.411 e. The normalized spacial score (nSPS) is 16.5. The van der Waals surface area contributed by atoms with Crippen molar-refractivity contribution in [3.05, 3.63) is 65.7 Å². The second kappa shape index (κ2) is 10.4. The smallest absolute Gasteiger partial charge is 0.411 e. The molecule has 8 nitrogen and oxygen atoms in total. The van der Waals surface area contributed by atoms with Gasteiger partial charge in [-0.25, -0.2) is 4.79 Å². The van der Waals surface area contributed by atoms with Gasteiger partial charge < -0.3 is 19.5 Å². The van der Waals surface area contributed by atoms with Crippen LogP contribution in [0.1, 0.15) is 31.9 Å². The van der Waals surface area contributed by atoms with Crippen LogP contribution in [-0.2, 0) is 27.4 Å². The molecule has 0 radical (unpaired) electrons. The molecule has 0 spiro atoms. The molecule has 33 heavy (non-hydrogen) atoms. The van der Waals surface area contributed by atoms with E-state index in [1.807, 2.05) is 54.6 Å². The Morgan fingerprint density at radius 3 is 2.27 bits per heavy atom. The molecule has 1 heterocycles. The Labute approximate surface area is 193 Å². The van der Waals surface area contributed by atoms with E-state index in [1.165, 1.54) is 9.80 Å². The van der Waals surface area contributed by atoms with Gasteiger partial charge in [-0.05, 0) is 44.0 Å². The average molecular weight is 455 g/mol. The third-order valence-electron chi connectivity index (χ3n) is 5.14. The maximum absolute atomic E-state index is 13.1. The number of hydrogen-bond acceptors (Lipinski definition) is 5. The number of hydrogen-bond donors (Lipinski definition) is 1. The summed E-state index contributed by atoms with van der Waals surface area (Å²) in [6, 6.07) is 16.3. The van der Waals surface area contributed by atoms with Gasteiger partial charge in [0, 0.05) is 19.5 Å². The summed E-state index contributed by atoms with van der Waals surface area (Å²) in [5, 5.41) is 9.14. The van der Waals surface area contributed by atoms with Gasteiger partial charge in [0.15, 0.2) is 0 Å². The molecule has 176 valence electrons. The lowest BCUT2D eigenvalue weighted by atomic mass is 10.0. The zero-order chi connectivity index (χ0) is 24.0. The first-order valence-corrected chi connectivity index (χ1v) is 10.9. The van der Waals surface area contributed by atoms with E-state index >= 15 is 0 Å². The number of carboxylic acids is 1. The van der Waals surface area contributed by atoms with Gasteiger partial charge in [-0.1, -0.05) is 42.5 Å². The first kappa shape index (κ1) is 24.1. The van der Waals surface area contributed by atoms with Crippen molar-refractivity contribution >= 4 is 18.0 Å². The van der Waals surface area contributed by atoms with Crippen LogP contribution in [0.2, 0.25) is 0 Å². The summed E-state index contributed by atoms with van der Waals surface area (Å²) >= 11 is 0. The fourth-order valence-corrected chi connectivity index (χ4v) is 3.58. The summed E-state index contributed by atoms with van der Waals surface area (Å²) in [7, 11) is 0. The zero-order valence-corrected chi connectivity index (χ0v) is 19.2. The number of piperazine rings is 1. The highest BCUT2D eigenvalue weighted by Crippen LogP contribution is 2.22. The molecular formula is C25H30N2O6. The number of rotatable bonds is 7. The highest BCUT2D eigenvalue weighted by atomic mass is 16.6. The first-order chi connectivity index (χ1) is 15.6. The lowest BCUT2D eigenvalue weighted by Gasteiger charge is -2.40. The van der Waals surface area contributed by atoms with Crippen LogP contribution in [0.3, 0.4) is 0 Å². The molecule has 2 aromatic carbocycles. The Morgan fingerprint density at radius 2 is 1.67 bits per heavy atom. The van der Waals surface area contributed by atoms with Gasteiger partial charge in [0.25, 0.3) is 0 Å². The average Bonchev–Trinajstić information content (AvgIpc) is 2.75. The molecule has 1 atom stereocenters. The Hall–Kier alpha value is -3.55. The molecule has 1 N–H and O–H groups in total. The Kier molecular flexibility index (Phi) is 7.58. The van der Waals surface area contributed by atoms with Crippen molar-refractivity contribution in [1.82, 2.24) is 9.80 Å². The lowest BCUT2D eigenvalue weighted by molar-refractivity contribution is -0.149. The summed E-state index contributed by atoms with van der Waals surface area (Å²) in [6.07, 6.45) is -0.341. The molecule has 1 saturated heterocycles. The zero-order valence-electron chi connectivity index (χ0n) is 19.2. The number of carboxylic acid groups (broad SMARTS) is 1. The maximum atomic E-state index is 13.1. The minimum absolute atomic E-state index is 0.146. The van der Waals surface area contributed by atoms with Crippen molar-refractivity contribution in [2.24, 2.45) is 0 Å². The molecule has 3 rings (SSSR count). The van der Waals surface area contributed by atoms with Crippen molar-refractivity contribution < 1.29 is 29.0 Å². The molecule has 0 bridgehead atoms. The summed E-state index contributed by atoms with van der Waals surface area (Å²) in [5.74, 6) is -0.805. The molecule has 0 aliphatic carbocycles. The van der Waals surface area contributed by atoms with E-state index in [0.29, 0.717) is 12.4 Å². The number of carbonyl (C=O) groups is 3. The third kappa shape index (κ3) is 6.97. The van der Waals surface area contributed by atoms with Crippen LogP contribution in [0.25, 0.3) is 0 Å². The minimum Gasteiger partial charge on any atom is -0.489 e. The van der Waals surface area contributed by atoms with Crippen LogP contribution < -0.4 is 4.74 Å². The monoisotopic (exact) mass is 454 g/mol. The molecule has 1 aliphatic heterocycles. The van der Waals surface area contributed by atoms with Gasteiger partial charge in [-0.3, -0.25) is 14.5 Å². The second-order valence-corrected chi connectivity index (χ2v) is 8.97. The minimum atomic E-state index is -1.09. The quantitative estimate of drug-likeness (QED) is 0.689. The van der Waals surface area contributed by atoms with E-state index in [0.717, 1.165) is 11.1 Å². The van der Waals surface area contributed by atoms with Crippen LogP contribution in [-0.4, -0.2) is 64.2 Å². The van der Waals surface area contributed by atoms with Gasteiger partial charge in [-0.2, -0.15) is 0 Å². The summed E-state index contributed by atoms with van der Waals surface area (Å²) in [5.41, 5.74) is 1.17. The predicted octanol–water partition coefficient (Wildman–Crippen LogP) is 3.34. The van der Waals surface area contributed by atoms with Crippen molar-refractivity contribution in [3.8, 4) is 5.75 Å². The predicted molar refractivity (Wildman–Crippen MR) is 122 cm³/mol. The number of aliphatic carboxylic acids is 1. The summed E-state index contributed by atoms with van der Waals surface area (Å²) < 4.78 is 11.3. The fraction of sp³-hybridized carbons (Fsp3) is 0.400. The van der Waals surface area contributed by atoms with Gasteiger partial charge in [0.2, 0.25) is 5.91 Å². The number of amides is 2. The molecule has 1 unspecified atom stereocenters. The van der Waals surface area contributed by atoms with Crippen molar-refractivity contribution in [1.29, 1.82) is 0 Å². The molecule has 1 fully saturated rings. The highest BCUT2D eigenvalue weighted by Gasteiger charge is 2.39. The largest absolute Gasteiger partial charge is 0.489 e. The van der Waals surface area contributed by atoms with Gasteiger partial charge in [0.1, 0.15) is 30.5 Å². The molecule has 8 heteroatoms. The van der Waals surface area contributed by atoms with Crippen molar-refractivity contribution in [2.75, 3.05) is 19.6 Å². The van der Waals surface area contributed by atoms with Gasteiger partial charge in [-0.15, -0.1) is 0 Å². The highest BCUT2D eigenvalue weighted by molar-refractivity contribution is 5.89. The second-order valence-electron chi connectivity index (χ2n) is 8.97. The van der Waals surface area contributed by atoms with Crippen LogP contribution in [0.15, 0.2) is 54.6 Å². The molecule has 0 saturated carbocycles. The van der Waals surface area contributed by atoms with E-state index in [-0.39, 0.29) is 19.5 Å². The molecule has 0 aromatic heterocycles. The summed E-state index contributed by atoms with van der Waals surface area (Å²) in [4.78, 5) is 39.7. The van der Waals surface area contributed by atoms with E-state index < -0.39 is 36.2 Å². The number of ether oxygens (including phenoxy) is 2. The fourth-order valence-electron chi connectivity index (χ4n) is 3.58. The lowest BCUT2D eigenvalue weighted by Crippen LogP contribution is -2.60. The van der Waals surface area contributed by atoms with Crippen LogP contribution in [0, 0.1) is 0 Å². The SMILES string of the molecule is CC(C)(C)OC(=O)N1CCN(CC(=O)O)C(=O)C1Cc1ccc(OCc2ccccc2)cc1. The molecule has 2 aromatic rings. The Bertz CT molecular complexity index is 969. The van der Waals surface area contributed by atoms with E-state index in [4.69, 9.17) is 14.6 Å². The molecular weight excluding hydrogens is 424 g/mol. The number of benzene rings is 2. The number of carbonyl (C=O) groups excluding carboxylic acids is 2. The standard InChI is InChI=1S/C25H30N2O6/c1-25(2,3)33-24(31)27-14-13-26(16-22(28)29)23(30)21(27)15-18-9-11-20(12-10-18)32-17-19-7-5-4-6-8-19/h4-12,21H,13-17H2,1-3H3,(H,28,29). The summed E-state index contributed by atoms with van der Waals surface area (Å²) in [6.45, 7) is 5.68. The van der Waals surface area contributed by atoms with Crippen LogP contribution in [0.5, 0.6) is 5.75 Å². The molecule has 1 aliphatic rings. The first-order valence-electron chi connectivity index (χ1n) is 10.9. The number of nitrogens with zero attached hydrogens (tertiary/aromatic N) is 2. The van der Waals surface area contributed by atoms with Gasteiger partial charge in [0.05, 0.1) is 0 Å². The molecule has 2 amide bonds. The van der Waals surface area contributed by atoms with E-state index in [9.17, 15) is 14.4 Å². The Balaban J connectivity index is 1.72. The Morgan fingerprint density at radius 1 is 1.00 bits per heavy atom. The van der Waals surface area contributed by atoms with Crippen LogP contribution >= 0.6 is 0 Å².